The second kappa shape index (κ2) is 6.86. The first-order valence-corrected chi connectivity index (χ1v) is 7.97. The third-order valence-corrected chi connectivity index (χ3v) is 4.20. The first kappa shape index (κ1) is 17.5. The van der Waals surface area contributed by atoms with E-state index in [9.17, 15) is 4.79 Å². The molecule has 1 heterocycles. The van der Waals surface area contributed by atoms with E-state index >= 15 is 0 Å². The molecular weight excluding hydrogens is 367 g/mol. The molecule has 0 aliphatic carbocycles. The molecule has 0 fully saturated rings. The molecule has 0 aliphatic heterocycles. The van der Waals surface area contributed by atoms with Gasteiger partial charge in [-0.25, -0.2) is 0 Å². The van der Waals surface area contributed by atoms with Gasteiger partial charge in [0.1, 0.15) is 5.76 Å². The number of methoxy groups -OCH3 is 3. The second-order valence-corrected chi connectivity index (χ2v) is 6.00. The minimum absolute atomic E-state index is 0.255. The minimum atomic E-state index is -0.255. The van der Waals surface area contributed by atoms with E-state index in [4.69, 9.17) is 41.8 Å². The molecule has 2 aromatic carbocycles. The van der Waals surface area contributed by atoms with Gasteiger partial charge in [0.15, 0.2) is 22.5 Å². The lowest BCUT2D eigenvalue weighted by molar-refractivity contribution is 0.324. The van der Waals surface area contributed by atoms with Crippen LogP contribution in [0.5, 0.6) is 17.2 Å². The van der Waals surface area contributed by atoms with Crippen LogP contribution in [-0.4, -0.2) is 21.3 Å². The predicted octanol–water partition coefficient (Wildman–Crippen LogP) is 4.79. The Morgan fingerprint density at radius 3 is 2.08 bits per heavy atom. The molecule has 0 unspecified atom stereocenters. The highest BCUT2D eigenvalue weighted by atomic mass is 35.5. The fourth-order valence-corrected chi connectivity index (χ4v) is 3.08. The van der Waals surface area contributed by atoms with Crippen LogP contribution in [0.3, 0.4) is 0 Å². The first-order chi connectivity index (χ1) is 12.0. The Labute approximate surface area is 153 Å². The van der Waals surface area contributed by atoms with E-state index in [0.717, 1.165) is 0 Å². The topological polar surface area (TPSA) is 57.9 Å². The quantitative estimate of drug-likeness (QED) is 0.650. The molecule has 0 atom stereocenters. The van der Waals surface area contributed by atoms with E-state index < -0.39 is 0 Å². The van der Waals surface area contributed by atoms with E-state index in [1.165, 1.54) is 39.5 Å². The molecule has 0 saturated carbocycles. The van der Waals surface area contributed by atoms with Crippen molar-refractivity contribution in [3.05, 3.63) is 50.6 Å². The monoisotopic (exact) mass is 380 g/mol. The molecule has 7 heteroatoms. The van der Waals surface area contributed by atoms with E-state index in [0.29, 0.717) is 39.0 Å². The summed E-state index contributed by atoms with van der Waals surface area (Å²) in [5, 5.41) is 0.938. The van der Waals surface area contributed by atoms with Gasteiger partial charge < -0.3 is 18.6 Å². The summed E-state index contributed by atoms with van der Waals surface area (Å²) in [4.78, 5) is 12.4. The van der Waals surface area contributed by atoms with Crippen molar-refractivity contribution in [2.24, 2.45) is 0 Å². The molecule has 0 amide bonds. The summed E-state index contributed by atoms with van der Waals surface area (Å²) in [7, 11) is 4.53. The molecule has 3 aromatic rings. The summed E-state index contributed by atoms with van der Waals surface area (Å²) in [5.74, 6) is 1.66. The zero-order chi connectivity index (χ0) is 18.1. The molecule has 3 rings (SSSR count). The van der Waals surface area contributed by atoms with Crippen LogP contribution in [0, 0.1) is 0 Å². The van der Waals surface area contributed by atoms with Crippen molar-refractivity contribution >= 4 is 34.2 Å². The van der Waals surface area contributed by atoms with Crippen molar-refractivity contribution in [3.8, 4) is 28.6 Å². The van der Waals surface area contributed by atoms with Crippen LogP contribution in [0.15, 0.2) is 39.5 Å². The summed E-state index contributed by atoms with van der Waals surface area (Å²) in [5.41, 5.74) is 0.594. The number of rotatable bonds is 4. The Bertz CT molecular complexity index is 985. The molecule has 0 aliphatic rings. The fourth-order valence-electron chi connectivity index (χ4n) is 2.55. The fraction of sp³-hybridized carbons (Fsp3) is 0.167. The largest absolute Gasteiger partial charge is 0.493 e. The normalized spacial score (nSPS) is 10.8. The molecule has 0 spiro atoms. The highest BCUT2D eigenvalue weighted by Crippen LogP contribution is 2.41. The Balaban J connectivity index is 2.28. The van der Waals surface area contributed by atoms with Crippen LogP contribution in [-0.2, 0) is 0 Å². The minimum Gasteiger partial charge on any atom is -0.493 e. The van der Waals surface area contributed by atoms with Gasteiger partial charge in [-0.3, -0.25) is 4.79 Å². The van der Waals surface area contributed by atoms with Crippen molar-refractivity contribution in [1.82, 2.24) is 0 Å². The number of benzene rings is 2. The molecule has 0 radical (unpaired) electrons. The lowest BCUT2D eigenvalue weighted by Crippen LogP contribution is -2.01. The standard InChI is InChI=1S/C18H14Cl2O5/c1-22-15-4-9(5-16(23-2)18(15)24-3)14-8-13(21)11-6-10(19)7-12(20)17(11)25-14/h4-8H,1-3H3. The lowest BCUT2D eigenvalue weighted by atomic mass is 10.1. The maximum atomic E-state index is 12.4. The van der Waals surface area contributed by atoms with Gasteiger partial charge in [-0.2, -0.15) is 0 Å². The van der Waals surface area contributed by atoms with Crippen molar-refractivity contribution in [3.63, 3.8) is 0 Å². The molecule has 0 bridgehead atoms. The lowest BCUT2D eigenvalue weighted by Gasteiger charge is -2.14. The molecular formula is C18H14Cl2O5. The van der Waals surface area contributed by atoms with Crippen molar-refractivity contribution in [1.29, 1.82) is 0 Å². The average Bonchev–Trinajstić information content (AvgIpc) is 2.61. The average molecular weight is 381 g/mol. The molecule has 130 valence electrons. The summed E-state index contributed by atoms with van der Waals surface area (Å²) in [6.45, 7) is 0. The zero-order valence-corrected chi connectivity index (χ0v) is 15.2. The molecule has 1 aromatic heterocycles. The van der Waals surface area contributed by atoms with Gasteiger partial charge in [0.05, 0.1) is 31.7 Å². The Hall–Kier alpha value is -2.37. The number of fused-ring (bicyclic) bond motifs is 1. The molecule has 5 nitrogen and oxygen atoms in total. The van der Waals surface area contributed by atoms with Crippen LogP contribution in [0.1, 0.15) is 0 Å². The highest BCUT2D eigenvalue weighted by Gasteiger charge is 2.17. The van der Waals surface area contributed by atoms with Crippen LogP contribution >= 0.6 is 23.2 Å². The molecule has 25 heavy (non-hydrogen) atoms. The van der Waals surface area contributed by atoms with E-state index in [1.54, 1.807) is 12.1 Å². The molecule has 0 saturated heterocycles. The summed E-state index contributed by atoms with van der Waals surface area (Å²) >= 11 is 12.1. The Kier molecular flexibility index (Phi) is 4.79. The maximum absolute atomic E-state index is 12.4. The number of halogens is 2. The predicted molar refractivity (Wildman–Crippen MR) is 97.6 cm³/mol. The number of hydrogen-bond acceptors (Lipinski definition) is 5. The van der Waals surface area contributed by atoms with Crippen LogP contribution in [0.2, 0.25) is 10.0 Å². The summed E-state index contributed by atoms with van der Waals surface area (Å²) < 4.78 is 21.8. The van der Waals surface area contributed by atoms with Crippen LogP contribution < -0.4 is 19.6 Å². The van der Waals surface area contributed by atoms with E-state index in [2.05, 4.69) is 0 Å². The summed E-state index contributed by atoms with van der Waals surface area (Å²) in [6.07, 6.45) is 0. The third kappa shape index (κ3) is 3.13. The first-order valence-electron chi connectivity index (χ1n) is 7.21. The van der Waals surface area contributed by atoms with E-state index in [-0.39, 0.29) is 16.0 Å². The molecule has 0 N–H and O–H groups in total. The Morgan fingerprint density at radius 1 is 0.880 bits per heavy atom. The van der Waals surface area contributed by atoms with Gasteiger partial charge in [-0.15, -0.1) is 0 Å². The SMILES string of the molecule is COc1cc(-c2cc(=O)c3cc(Cl)cc(Cl)c3o2)cc(OC)c1OC. The van der Waals surface area contributed by atoms with Crippen LogP contribution in [0.4, 0.5) is 0 Å². The second-order valence-electron chi connectivity index (χ2n) is 5.15. The van der Waals surface area contributed by atoms with Gasteiger partial charge in [-0.05, 0) is 24.3 Å². The van der Waals surface area contributed by atoms with E-state index in [1.807, 2.05) is 0 Å². The van der Waals surface area contributed by atoms with Gasteiger partial charge >= 0.3 is 0 Å². The van der Waals surface area contributed by atoms with Gasteiger partial charge in [0.25, 0.3) is 0 Å². The smallest absolute Gasteiger partial charge is 0.203 e. The number of ether oxygens (including phenoxy) is 3. The highest BCUT2D eigenvalue weighted by molar-refractivity contribution is 6.38. The van der Waals surface area contributed by atoms with Crippen molar-refractivity contribution < 1.29 is 18.6 Å². The Morgan fingerprint density at radius 2 is 1.52 bits per heavy atom. The van der Waals surface area contributed by atoms with Crippen molar-refractivity contribution in [2.45, 2.75) is 0 Å². The van der Waals surface area contributed by atoms with Gasteiger partial charge in [0.2, 0.25) is 5.75 Å². The maximum Gasteiger partial charge on any atom is 0.203 e. The summed E-state index contributed by atoms with van der Waals surface area (Å²) in [6, 6.07) is 7.79. The van der Waals surface area contributed by atoms with Gasteiger partial charge in [-0.1, -0.05) is 23.2 Å². The zero-order valence-electron chi connectivity index (χ0n) is 13.7. The van der Waals surface area contributed by atoms with Gasteiger partial charge in [0, 0.05) is 16.7 Å². The van der Waals surface area contributed by atoms with Crippen LogP contribution in [0.25, 0.3) is 22.3 Å². The number of hydrogen-bond donors (Lipinski definition) is 0. The van der Waals surface area contributed by atoms with Crippen molar-refractivity contribution in [2.75, 3.05) is 21.3 Å². The third-order valence-electron chi connectivity index (χ3n) is 3.70.